The van der Waals surface area contributed by atoms with Crippen LogP contribution < -0.4 is 0 Å². The summed E-state index contributed by atoms with van der Waals surface area (Å²) in [4.78, 5) is 15.3. The Bertz CT molecular complexity index is 596. The second-order valence-electron chi connectivity index (χ2n) is 4.21. The summed E-state index contributed by atoms with van der Waals surface area (Å²) >= 11 is 3.05. The highest BCUT2D eigenvalue weighted by atomic mass is 32.2. The maximum absolute atomic E-state index is 10.7. The fraction of sp³-hybridized carbons (Fsp3) is 0.385. The van der Waals surface area contributed by atoms with Crippen molar-refractivity contribution in [3.05, 3.63) is 23.8 Å². The Labute approximate surface area is 120 Å². The van der Waals surface area contributed by atoms with Crippen molar-refractivity contribution >= 4 is 40.5 Å². The molecule has 0 aliphatic carbocycles. The number of aliphatic carboxylic acids is 1. The lowest BCUT2D eigenvalue weighted by Gasteiger charge is -2.07. The van der Waals surface area contributed by atoms with Crippen LogP contribution >= 0.6 is 23.5 Å². The van der Waals surface area contributed by atoms with Crippen molar-refractivity contribution in [1.29, 1.82) is 0 Å². The summed E-state index contributed by atoms with van der Waals surface area (Å²) in [5, 5.41) is 9.59. The van der Waals surface area contributed by atoms with E-state index in [0.717, 1.165) is 34.1 Å². The molecular formula is C13H16N2O2S2. The van der Waals surface area contributed by atoms with Crippen molar-refractivity contribution in [2.45, 2.75) is 18.6 Å². The van der Waals surface area contributed by atoms with Crippen LogP contribution in [0, 0.1) is 6.92 Å². The number of carbonyl (C=O) groups is 1. The molecule has 0 bridgehead atoms. The summed E-state index contributed by atoms with van der Waals surface area (Å²) in [5.41, 5.74) is 3.18. The van der Waals surface area contributed by atoms with Crippen LogP contribution in [0.4, 0.5) is 0 Å². The van der Waals surface area contributed by atoms with Gasteiger partial charge in [0, 0.05) is 12.3 Å². The van der Waals surface area contributed by atoms with E-state index in [4.69, 9.17) is 5.11 Å². The number of benzene rings is 1. The summed E-state index contributed by atoms with van der Waals surface area (Å²) in [7, 11) is 0. The summed E-state index contributed by atoms with van der Waals surface area (Å²) in [6.45, 7) is 2.88. The van der Waals surface area contributed by atoms with Gasteiger partial charge in [0.2, 0.25) is 0 Å². The first-order chi connectivity index (χ1) is 9.11. The molecular weight excluding hydrogens is 280 g/mol. The van der Waals surface area contributed by atoms with E-state index in [1.165, 1.54) is 11.8 Å². The number of nitrogens with zero attached hydrogens (tertiary/aromatic N) is 2. The molecule has 0 unspecified atom stereocenters. The van der Waals surface area contributed by atoms with E-state index in [1.807, 2.05) is 13.0 Å². The molecule has 1 aromatic carbocycles. The van der Waals surface area contributed by atoms with Gasteiger partial charge in [-0.15, -0.1) is 0 Å². The number of hydrogen-bond acceptors (Lipinski definition) is 4. The van der Waals surface area contributed by atoms with Gasteiger partial charge in [0.15, 0.2) is 5.16 Å². The lowest BCUT2D eigenvalue weighted by molar-refractivity contribution is -0.133. The van der Waals surface area contributed by atoms with E-state index in [1.54, 1.807) is 11.8 Å². The van der Waals surface area contributed by atoms with Crippen LogP contribution in [0.15, 0.2) is 23.4 Å². The quantitative estimate of drug-likeness (QED) is 0.831. The Hall–Kier alpha value is -1.14. The van der Waals surface area contributed by atoms with E-state index >= 15 is 0 Å². The fourth-order valence-electron chi connectivity index (χ4n) is 1.85. The number of hydrogen-bond donors (Lipinski definition) is 1. The molecule has 2 rings (SSSR count). The first-order valence-corrected chi connectivity index (χ1v) is 8.30. The molecule has 0 radical (unpaired) electrons. The average Bonchev–Trinajstić information content (AvgIpc) is 2.70. The summed E-state index contributed by atoms with van der Waals surface area (Å²) in [6.07, 6.45) is 2.06. The van der Waals surface area contributed by atoms with Crippen LogP contribution in [-0.4, -0.2) is 38.4 Å². The maximum atomic E-state index is 10.7. The van der Waals surface area contributed by atoms with E-state index in [2.05, 4.69) is 27.9 Å². The van der Waals surface area contributed by atoms with Gasteiger partial charge < -0.3 is 9.67 Å². The van der Waals surface area contributed by atoms with Crippen LogP contribution in [0.1, 0.15) is 5.56 Å². The molecule has 0 aliphatic heterocycles. The van der Waals surface area contributed by atoms with Gasteiger partial charge in [0.25, 0.3) is 0 Å². The molecule has 0 atom stereocenters. The SMILES string of the molecule is CSCCn1c(SCC(=O)O)nc2cc(C)ccc21. The third-order valence-electron chi connectivity index (χ3n) is 2.71. The molecule has 0 spiro atoms. The zero-order valence-corrected chi connectivity index (χ0v) is 12.6. The number of carboxylic acids is 1. The lowest BCUT2D eigenvalue weighted by Crippen LogP contribution is -2.04. The standard InChI is InChI=1S/C13H16N2O2S2/c1-9-3-4-11-10(7-9)14-13(19-8-12(16)17)15(11)5-6-18-2/h3-4,7H,5-6,8H2,1-2H3,(H,16,17). The number of aromatic nitrogens is 2. The molecule has 0 saturated carbocycles. The first-order valence-electron chi connectivity index (χ1n) is 5.92. The number of rotatable bonds is 6. The predicted molar refractivity (Wildman–Crippen MR) is 81.2 cm³/mol. The third-order valence-corrected chi connectivity index (χ3v) is 4.26. The topological polar surface area (TPSA) is 55.1 Å². The van der Waals surface area contributed by atoms with Gasteiger partial charge in [-0.1, -0.05) is 17.8 Å². The Morgan fingerprint density at radius 2 is 2.26 bits per heavy atom. The van der Waals surface area contributed by atoms with Crippen molar-refractivity contribution in [3.63, 3.8) is 0 Å². The minimum absolute atomic E-state index is 0.0432. The van der Waals surface area contributed by atoms with E-state index in [9.17, 15) is 4.79 Å². The van der Waals surface area contributed by atoms with Gasteiger partial charge in [0.05, 0.1) is 16.8 Å². The van der Waals surface area contributed by atoms with Gasteiger partial charge in [0.1, 0.15) is 0 Å². The molecule has 2 aromatic rings. The highest BCUT2D eigenvalue weighted by molar-refractivity contribution is 7.99. The van der Waals surface area contributed by atoms with Crippen LogP contribution in [0.2, 0.25) is 0 Å². The van der Waals surface area contributed by atoms with Crippen molar-refractivity contribution in [1.82, 2.24) is 9.55 Å². The second-order valence-corrected chi connectivity index (χ2v) is 6.14. The molecule has 0 aliphatic rings. The number of carboxylic acid groups (broad SMARTS) is 1. The predicted octanol–water partition coefficient (Wildman–Crippen LogP) is 2.88. The molecule has 0 saturated heterocycles. The zero-order valence-electron chi connectivity index (χ0n) is 10.9. The van der Waals surface area contributed by atoms with Gasteiger partial charge >= 0.3 is 5.97 Å². The van der Waals surface area contributed by atoms with Gasteiger partial charge in [-0.2, -0.15) is 11.8 Å². The lowest BCUT2D eigenvalue weighted by atomic mass is 10.2. The van der Waals surface area contributed by atoms with Crippen molar-refractivity contribution < 1.29 is 9.90 Å². The highest BCUT2D eigenvalue weighted by Crippen LogP contribution is 2.25. The average molecular weight is 296 g/mol. The molecule has 6 heteroatoms. The maximum Gasteiger partial charge on any atom is 0.313 e. The summed E-state index contributed by atoms with van der Waals surface area (Å²) in [5.74, 6) is 0.214. The third kappa shape index (κ3) is 3.45. The second kappa shape index (κ2) is 6.34. The van der Waals surface area contributed by atoms with Crippen molar-refractivity contribution in [3.8, 4) is 0 Å². The molecule has 0 amide bonds. The number of aryl methyl sites for hydroxylation is 2. The van der Waals surface area contributed by atoms with Crippen LogP contribution in [0.5, 0.6) is 0 Å². The highest BCUT2D eigenvalue weighted by Gasteiger charge is 2.12. The number of thioether (sulfide) groups is 2. The largest absolute Gasteiger partial charge is 0.481 e. The van der Waals surface area contributed by atoms with Gasteiger partial charge in [-0.05, 0) is 30.9 Å². The molecule has 4 nitrogen and oxygen atoms in total. The Morgan fingerprint density at radius 1 is 1.47 bits per heavy atom. The van der Waals surface area contributed by atoms with Crippen molar-refractivity contribution in [2.75, 3.05) is 17.8 Å². The Morgan fingerprint density at radius 3 is 2.95 bits per heavy atom. The molecule has 1 aromatic heterocycles. The van der Waals surface area contributed by atoms with E-state index in [0.29, 0.717) is 0 Å². The molecule has 1 heterocycles. The summed E-state index contributed by atoms with van der Waals surface area (Å²) < 4.78 is 2.11. The first kappa shape index (κ1) is 14.3. The van der Waals surface area contributed by atoms with Crippen LogP contribution in [0.25, 0.3) is 11.0 Å². The monoisotopic (exact) mass is 296 g/mol. The van der Waals surface area contributed by atoms with Gasteiger partial charge in [-0.25, -0.2) is 4.98 Å². The minimum Gasteiger partial charge on any atom is -0.481 e. The molecule has 19 heavy (non-hydrogen) atoms. The Balaban J connectivity index is 2.38. The number of imidazole rings is 1. The van der Waals surface area contributed by atoms with Crippen LogP contribution in [-0.2, 0) is 11.3 Å². The van der Waals surface area contributed by atoms with E-state index in [-0.39, 0.29) is 5.75 Å². The van der Waals surface area contributed by atoms with Crippen molar-refractivity contribution in [2.24, 2.45) is 0 Å². The molecule has 0 fully saturated rings. The van der Waals surface area contributed by atoms with E-state index < -0.39 is 5.97 Å². The van der Waals surface area contributed by atoms with Gasteiger partial charge in [-0.3, -0.25) is 4.79 Å². The smallest absolute Gasteiger partial charge is 0.313 e. The summed E-state index contributed by atoms with van der Waals surface area (Å²) in [6, 6.07) is 6.16. The Kier molecular flexibility index (Phi) is 4.76. The zero-order chi connectivity index (χ0) is 13.8. The normalized spacial score (nSPS) is 11.1. The minimum atomic E-state index is -0.815. The molecule has 102 valence electrons. The number of fused-ring (bicyclic) bond motifs is 1. The van der Waals surface area contributed by atoms with Crippen LogP contribution in [0.3, 0.4) is 0 Å². The molecule has 1 N–H and O–H groups in total. The fourth-order valence-corrected chi connectivity index (χ4v) is 2.98.